The first-order chi connectivity index (χ1) is 8.53. The second-order valence-corrected chi connectivity index (χ2v) is 5.01. The van der Waals surface area contributed by atoms with Gasteiger partial charge in [-0.1, -0.05) is 0 Å². The summed E-state index contributed by atoms with van der Waals surface area (Å²) in [7, 11) is -3.87. The van der Waals surface area contributed by atoms with E-state index in [1.807, 2.05) is 0 Å². The van der Waals surface area contributed by atoms with E-state index in [1.54, 1.807) is 6.07 Å². The third-order valence-corrected chi connectivity index (χ3v) is 3.48. The number of nitriles is 1. The van der Waals surface area contributed by atoms with Crippen LogP contribution < -0.4 is 4.72 Å². The molecular formula is C10H7FN4O2S. The first-order valence-electron chi connectivity index (χ1n) is 4.75. The molecule has 0 atom stereocenters. The Bertz CT molecular complexity index is 704. The number of halogens is 1. The van der Waals surface area contributed by atoms with Crippen LogP contribution in [-0.2, 0) is 10.0 Å². The van der Waals surface area contributed by atoms with Crippen LogP contribution >= 0.6 is 0 Å². The zero-order valence-corrected chi connectivity index (χ0v) is 9.70. The highest BCUT2D eigenvalue weighted by molar-refractivity contribution is 7.92. The summed E-state index contributed by atoms with van der Waals surface area (Å²) in [5, 5.41) is 14.7. The van der Waals surface area contributed by atoms with E-state index in [4.69, 9.17) is 5.26 Å². The minimum Gasteiger partial charge on any atom is -0.264 e. The molecule has 0 aliphatic rings. The van der Waals surface area contributed by atoms with E-state index in [0.717, 1.165) is 18.2 Å². The predicted molar refractivity (Wildman–Crippen MR) is 60.5 cm³/mol. The summed E-state index contributed by atoms with van der Waals surface area (Å²) in [5.74, 6) is -0.587. The number of anilines is 1. The first kappa shape index (κ1) is 12.1. The Morgan fingerprint density at radius 3 is 2.78 bits per heavy atom. The fraction of sp³-hybridized carbons (Fsp3) is 0. The summed E-state index contributed by atoms with van der Waals surface area (Å²) in [6, 6.07) is 5.98. The van der Waals surface area contributed by atoms with Crippen LogP contribution in [0.3, 0.4) is 0 Å². The molecule has 0 saturated carbocycles. The Hall–Kier alpha value is -2.40. The van der Waals surface area contributed by atoms with Crippen LogP contribution in [0.1, 0.15) is 5.56 Å². The van der Waals surface area contributed by atoms with Crippen LogP contribution in [-0.4, -0.2) is 18.6 Å². The molecule has 1 aromatic heterocycles. The van der Waals surface area contributed by atoms with Crippen molar-refractivity contribution in [2.75, 3.05) is 4.72 Å². The molecule has 0 bridgehead atoms. The number of nitrogens with one attached hydrogen (secondary N) is 2. The van der Waals surface area contributed by atoms with Crippen molar-refractivity contribution >= 4 is 15.8 Å². The van der Waals surface area contributed by atoms with E-state index in [1.165, 1.54) is 12.3 Å². The van der Waals surface area contributed by atoms with Crippen molar-refractivity contribution in [1.29, 1.82) is 5.26 Å². The van der Waals surface area contributed by atoms with Gasteiger partial charge in [0.25, 0.3) is 10.0 Å². The van der Waals surface area contributed by atoms with Gasteiger partial charge in [-0.2, -0.15) is 10.4 Å². The first-order valence-corrected chi connectivity index (χ1v) is 6.23. The zero-order chi connectivity index (χ0) is 13.2. The third-order valence-electron chi connectivity index (χ3n) is 2.11. The van der Waals surface area contributed by atoms with Gasteiger partial charge in [-0.05, 0) is 18.2 Å². The van der Waals surface area contributed by atoms with Gasteiger partial charge in [0, 0.05) is 6.07 Å². The fourth-order valence-corrected chi connectivity index (χ4v) is 2.31. The quantitative estimate of drug-likeness (QED) is 0.872. The minimum atomic E-state index is -3.87. The Labute approximate surface area is 102 Å². The number of hydrogen-bond donors (Lipinski definition) is 2. The SMILES string of the molecule is N#Cc1cc(S(=O)(=O)Nc2ccn[nH]2)ccc1F. The highest BCUT2D eigenvalue weighted by Gasteiger charge is 2.16. The van der Waals surface area contributed by atoms with Crippen LogP contribution in [0.2, 0.25) is 0 Å². The van der Waals surface area contributed by atoms with Gasteiger partial charge in [0.2, 0.25) is 0 Å². The molecule has 0 spiro atoms. The van der Waals surface area contributed by atoms with Crippen LogP contribution in [0.4, 0.5) is 10.2 Å². The van der Waals surface area contributed by atoms with Gasteiger partial charge in [0.15, 0.2) is 0 Å². The Kier molecular flexibility index (Phi) is 2.99. The normalized spacial score (nSPS) is 10.9. The van der Waals surface area contributed by atoms with Gasteiger partial charge in [-0.3, -0.25) is 9.82 Å². The van der Waals surface area contributed by atoms with Gasteiger partial charge in [0.05, 0.1) is 16.7 Å². The molecule has 0 fully saturated rings. The monoisotopic (exact) mass is 266 g/mol. The number of aromatic amines is 1. The van der Waals surface area contributed by atoms with Gasteiger partial charge >= 0.3 is 0 Å². The van der Waals surface area contributed by atoms with Crippen molar-refractivity contribution in [2.45, 2.75) is 4.90 Å². The molecule has 1 heterocycles. The van der Waals surface area contributed by atoms with Crippen molar-refractivity contribution < 1.29 is 12.8 Å². The summed E-state index contributed by atoms with van der Waals surface area (Å²) < 4.78 is 39.1. The predicted octanol–water partition coefficient (Wildman–Crippen LogP) is 1.22. The van der Waals surface area contributed by atoms with E-state index in [2.05, 4.69) is 14.9 Å². The van der Waals surface area contributed by atoms with Crippen LogP contribution in [0, 0.1) is 17.1 Å². The lowest BCUT2D eigenvalue weighted by molar-refractivity contribution is 0.599. The molecule has 0 amide bonds. The molecule has 0 unspecified atom stereocenters. The molecule has 8 heteroatoms. The van der Waals surface area contributed by atoms with Crippen LogP contribution in [0.25, 0.3) is 0 Å². The molecule has 2 aromatic rings. The molecular weight excluding hydrogens is 259 g/mol. The molecule has 0 saturated heterocycles. The van der Waals surface area contributed by atoms with Crippen molar-refractivity contribution in [3.05, 3.63) is 41.8 Å². The van der Waals surface area contributed by atoms with Crippen LogP contribution in [0.15, 0.2) is 35.4 Å². The summed E-state index contributed by atoms with van der Waals surface area (Å²) in [6.07, 6.45) is 1.38. The third kappa shape index (κ3) is 2.31. The second-order valence-electron chi connectivity index (χ2n) is 3.33. The lowest BCUT2D eigenvalue weighted by Crippen LogP contribution is -2.13. The summed E-state index contributed by atoms with van der Waals surface area (Å²) in [6.45, 7) is 0. The molecule has 0 radical (unpaired) electrons. The minimum absolute atomic E-state index is 0.179. The average molecular weight is 266 g/mol. The Balaban J connectivity index is 2.39. The summed E-state index contributed by atoms with van der Waals surface area (Å²) in [5.41, 5.74) is -0.331. The van der Waals surface area contributed by atoms with Gasteiger partial charge in [-0.15, -0.1) is 0 Å². The van der Waals surface area contributed by atoms with E-state index in [-0.39, 0.29) is 16.3 Å². The van der Waals surface area contributed by atoms with Crippen molar-refractivity contribution in [1.82, 2.24) is 10.2 Å². The Morgan fingerprint density at radius 1 is 1.39 bits per heavy atom. The largest absolute Gasteiger partial charge is 0.264 e. The fourth-order valence-electron chi connectivity index (χ4n) is 1.27. The number of nitrogens with zero attached hydrogens (tertiary/aromatic N) is 2. The van der Waals surface area contributed by atoms with Crippen molar-refractivity contribution in [2.24, 2.45) is 0 Å². The van der Waals surface area contributed by atoms with E-state index < -0.39 is 15.8 Å². The molecule has 0 aliphatic carbocycles. The highest BCUT2D eigenvalue weighted by atomic mass is 32.2. The number of hydrogen-bond acceptors (Lipinski definition) is 4. The van der Waals surface area contributed by atoms with E-state index >= 15 is 0 Å². The maximum atomic E-state index is 13.1. The summed E-state index contributed by atoms with van der Waals surface area (Å²) in [4.78, 5) is -0.199. The Morgan fingerprint density at radius 2 is 2.17 bits per heavy atom. The topological polar surface area (TPSA) is 98.6 Å². The van der Waals surface area contributed by atoms with Gasteiger partial charge in [0.1, 0.15) is 17.7 Å². The average Bonchev–Trinajstić information content (AvgIpc) is 2.81. The zero-order valence-electron chi connectivity index (χ0n) is 8.88. The van der Waals surface area contributed by atoms with Crippen LogP contribution in [0.5, 0.6) is 0 Å². The number of rotatable bonds is 3. The maximum Gasteiger partial charge on any atom is 0.263 e. The molecule has 92 valence electrons. The number of sulfonamides is 1. The molecule has 18 heavy (non-hydrogen) atoms. The van der Waals surface area contributed by atoms with E-state index in [9.17, 15) is 12.8 Å². The number of benzene rings is 1. The van der Waals surface area contributed by atoms with Gasteiger partial charge in [-0.25, -0.2) is 12.8 Å². The maximum absolute atomic E-state index is 13.1. The number of aromatic nitrogens is 2. The molecule has 2 N–H and O–H groups in total. The lowest BCUT2D eigenvalue weighted by Gasteiger charge is -2.06. The summed E-state index contributed by atoms with van der Waals surface area (Å²) >= 11 is 0. The molecule has 1 aromatic carbocycles. The highest BCUT2D eigenvalue weighted by Crippen LogP contribution is 2.17. The smallest absolute Gasteiger partial charge is 0.263 e. The second kappa shape index (κ2) is 4.46. The molecule has 0 aliphatic heterocycles. The van der Waals surface area contributed by atoms with Crippen molar-refractivity contribution in [3.8, 4) is 6.07 Å². The molecule has 6 nitrogen and oxygen atoms in total. The standard InChI is InChI=1S/C10H7FN4O2S/c11-9-2-1-8(5-7(9)6-12)18(16,17)15-10-3-4-13-14-10/h1-5H,(H2,13,14,15). The molecule has 2 rings (SSSR count). The lowest BCUT2D eigenvalue weighted by atomic mass is 10.2. The number of H-pyrrole nitrogens is 1. The van der Waals surface area contributed by atoms with Crippen molar-refractivity contribution in [3.63, 3.8) is 0 Å². The van der Waals surface area contributed by atoms with Gasteiger partial charge < -0.3 is 0 Å². The van der Waals surface area contributed by atoms with E-state index in [0.29, 0.717) is 0 Å².